The Kier molecular flexibility index (Phi) is 6.17. The number of hydrogen-bond acceptors (Lipinski definition) is 8. The lowest BCUT2D eigenvalue weighted by molar-refractivity contribution is 0.0457. The van der Waals surface area contributed by atoms with Crippen molar-refractivity contribution in [1.29, 1.82) is 0 Å². The molecule has 1 atom stereocenters. The fourth-order valence-corrected chi connectivity index (χ4v) is 3.76. The van der Waals surface area contributed by atoms with Gasteiger partial charge in [-0.25, -0.2) is 9.97 Å². The lowest BCUT2D eigenvalue weighted by Crippen LogP contribution is -2.44. The molecule has 5 rings (SSSR count). The molecule has 3 N–H and O–H groups in total. The van der Waals surface area contributed by atoms with Crippen LogP contribution < -0.4 is 10.6 Å². The summed E-state index contributed by atoms with van der Waals surface area (Å²) in [6.07, 6.45) is 7.56. The maximum absolute atomic E-state index is 6.03. The van der Waals surface area contributed by atoms with Gasteiger partial charge in [0.05, 0.1) is 49.4 Å². The molecule has 0 radical (unpaired) electrons. The first-order valence-corrected chi connectivity index (χ1v) is 11.0. The largest absolute Gasteiger partial charge is 0.384 e. The fourth-order valence-electron chi connectivity index (χ4n) is 3.30. The predicted molar refractivity (Wildman–Crippen MR) is 117 cm³/mol. The summed E-state index contributed by atoms with van der Waals surface area (Å²) in [5.74, 6) is 1.88. The van der Waals surface area contributed by atoms with Gasteiger partial charge >= 0.3 is 0 Å². The summed E-state index contributed by atoms with van der Waals surface area (Å²) in [7, 11) is 0. The SMILES string of the molecule is CC1COCCN1c1cc(N)nc(-c2cncc3[nH]ccc23)n1.CSC1COC1. The number of morpholine rings is 1. The number of fused-ring (bicyclic) bond motifs is 1. The van der Waals surface area contributed by atoms with Crippen molar-refractivity contribution in [3.63, 3.8) is 0 Å². The van der Waals surface area contributed by atoms with Gasteiger partial charge in [-0.15, -0.1) is 0 Å². The average Bonchev–Trinajstić information content (AvgIpc) is 3.16. The van der Waals surface area contributed by atoms with Crippen LogP contribution in [0.2, 0.25) is 0 Å². The monoisotopic (exact) mass is 414 g/mol. The van der Waals surface area contributed by atoms with Crippen LogP contribution in [0.3, 0.4) is 0 Å². The van der Waals surface area contributed by atoms with Gasteiger partial charge < -0.3 is 25.1 Å². The summed E-state index contributed by atoms with van der Waals surface area (Å²) in [6.45, 7) is 6.24. The highest BCUT2D eigenvalue weighted by atomic mass is 32.2. The Bertz CT molecular complexity index is 958. The molecule has 0 bridgehead atoms. The van der Waals surface area contributed by atoms with Gasteiger partial charge in [0.1, 0.15) is 11.6 Å². The zero-order chi connectivity index (χ0) is 20.2. The Labute approximate surface area is 174 Å². The Morgan fingerprint density at radius 1 is 1.21 bits per heavy atom. The molecule has 5 heterocycles. The van der Waals surface area contributed by atoms with Crippen molar-refractivity contribution in [3.05, 3.63) is 30.7 Å². The zero-order valence-electron chi connectivity index (χ0n) is 16.7. The second kappa shape index (κ2) is 8.98. The van der Waals surface area contributed by atoms with Crippen molar-refractivity contribution >= 4 is 34.3 Å². The van der Waals surface area contributed by atoms with Crippen molar-refractivity contribution < 1.29 is 9.47 Å². The molecule has 0 aromatic carbocycles. The molecule has 9 heteroatoms. The van der Waals surface area contributed by atoms with Crippen molar-refractivity contribution in [3.8, 4) is 11.4 Å². The highest BCUT2D eigenvalue weighted by Gasteiger charge is 2.22. The molecule has 154 valence electrons. The van der Waals surface area contributed by atoms with E-state index in [0.29, 0.717) is 24.9 Å². The van der Waals surface area contributed by atoms with Crippen molar-refractivity contribution in [2.24, 2.45) is 0 Å². The smallest absolute Gasteiger partial charge is 0.166 e. The maximum Gasteiger partial charge on any atom is 0.166 e. The van der Waals surface area contributed by atoms with E-state index in [9.17, 15) is 0 Å². The van der Waals surface area contributed by atoms with Crippen LogP contribution in [0.4, 0.5) is 11.6 Å². The van der Waals surface area contributed by atoms with Gasteiger partial charge in [-0.2, -0.15) is 11.8 Å². The van der Waals surface area contributed by atoms with Gasteiger partial charge in [0.25, 0.3) is 0 Å². The van der Waals surface area contributed by atoms with Crippen LogP contribution in [-0.4, -0.2) is 70.5 Å². The third-order valence-corrected chi connectivity index (χ3v) is 5.99. The van der Waals surface area contributed by atoms with Crippen molar-refractivity contribution in [1.82, 2.24) is 19.9 Å². The van der Waals surface area contributed by atoms with E-state index in [1.165, 1.54) is 0 Å². The summed E-state index contributed by atoms with van der Waals surface area (Å²) in [5.41, 5.74) is 7.86. The number of nitrogens with zero attached hydrogens (tertiary/aromatic N) is 4. The first kappa shape index (κ1) is 19.9. The lowest BCUT2D eigenvalue weighted by Gasteiger charge is -2.34. The molecular formula is C20H26N6O2S. The summed E-state index contributed by atoms with van der Waals surface area (Å²) < 4.78 is 10.4. The number of aromatic nitrogens is 4. The van der Waals surface area contributed by atoms with Crippen molar-refractivity contribution in [2.75, 3.05) is 49.9 Å². The first-order chi connectivity index (χ1) is 14.2. The van der Waals surface area contributed by atoms with Crippen LogP contribution in [0.15, 0.2) is 30.7 Å². The third-order valence-electron chi connectivity index (χ3n) is 5.05. The Morgan fingerprint density at radius 2 is 2.07 bits per heavy atom. The van der Waals surface area contributed by atoms with E-state index < -0.39 is 0 Å². The maximum atomic E-state index is 6.03. The molecule has 0 spiro atoms. The molecule has 0 aliphatic carbocycles. The van der Waals surface area contributed by atoms with Crippen LogP contribution in [-0.2, 0) is 9.47 Å². The number of aromatic amines is 1. The number of rotatable bonds is 3. The van der Waals surface area contributed by atoms with E-state index in [0.717, 1.165) is 47.3 Å². The summed E-state index contributed by atoms with van der Waals surface area (Å²) in [6, 6.07) is 4.07. The zero-order valence-corrected chi connectivity index (χ0v) is 17.5. The summed E-state index contributed by atoms with van der Waals surface area (Å²) >= 11 is 1.89. The fraction of sp³-hybridized carbons (Fsp3) is 0.450. The van der Waals surface area contributed by atoms with Crippen LogP contribution in [0, 0.1) is 0 Å². The average molecular weight is 415 g/mol. The molecule has 2 aliphatic heterocycles. The minimum absolute atomic E-state index is 0.257. The molecule has 29 heavy (non-hydrogen) atoms. The Morgan fingerprint density at radius 3 is 2.76 bits per heavy atom. The molecule has 1 unspecified atom stereocenters. The van der Waals surface area contributed by atoms with Crippen LogP contribution in [0.5, 0.6) is 0 Å². The highest BCUT2D eigenvalue weighted by Crippen LogP contribution is 2.28. The number of nitrogen functional groups attached to an aromatic ring is 1. The number of nitrogens with one attached hydrogen (secondary N) is 1. The number of anilines is 2. The standard InChI is InChI=1S/C16H18N6O.C4H8OS/c1-10-9-23-5-4-22(10)15-6-14(17)20-16(21-15)12-7-18-8-13-11(12)2-3-19-13;1-6-4-2-5-3-4/h2-3,6-8,10,19H,4-5,9H2,1H3,(H2,17,20,21);4H,2-3H2,1H3. The summed E-state index contributed by atoms with van der Waals surface area (Å²) in [4.78, 5) is 18.8. The van der Waals surface area contributed by atoms with E-state index >= 15 is 0 Å². The molecule has 3 aromatic rings. The van der Waals surface area contributed by atoms with E-state index in [1.807, 2.05) is 30.1 Å². The molecule has 2 fully saturated rings. The molecule has 8 nitrogen and oxygen atoms in total. The van der Waals surface area contributed by atoms with Gasteiger partial charge in [0, 0.05) is 36.0 Å². The van der Waals surface area contributed by atoms with Gasteiger partial charge in [0.2, 0.25) is 0 Å². The lowest BCUT2D eigenvalue weighted by atomic mass is 10.1. The number of H-pyrrole nitrogens is 1. The molecule has 3 aromatic heterocycles. The first-order valence-electron chi connectivity index (χ1n) is 9.66. The number of nitrogens with two attached hydrogens (primary N) is 1. The van der Waals surface area contributed by atoms with Crippen LogP contribution in [0.25, 0.3) is 22.3 Å². The number of ether oxygens (including phenoxy) is 2. The Hall–Kier alpha value is -2.36. The van der Waals surface area contributed by atoms with E-state index in [1.54, 1.807) is 12.4 Å². The summed E-state index contributed by atoms with van der Waals surface area (Å²) in [5, 5.41) is 1.84. The number of hydrogen-bond donors (Lipinski definition) is 2. The van der Waals surface area contributed by atoms with Crippen LogP contribution in [0.1, 0.15) is 6.92 Å². The van der Waals surface area contributed by atoms with Gasteiger partial charge in [0.15, 0.2) is 5.82 Å². The highest BCUT2D eigenvalue weighted by molar-refractivity contribution is 7.99. The van der Waals surface area contributed by atoms with Gasteiger partial charge in [-0.1, -0.05) is 0 Å². The van der Waals surface area contributed by atoms with Crippen LogP contribution >= 0.6 is 11.8 Å². The van der Waals surface area contributed by atoms with E-state index in [-0.39, 0.29) is 6.04 Å². The molecular weight excluding hydrogens is 388 g/mol. The second-order valence-corrected chi connectivity index (χ2v) is 8.25. The van der Waals surface area contributed by atoms with E-state index in [4.69, 9.17) is 20.2 Å². The second-order valence-electron chi connectivity index (χ2n) is 7.11. The molecule has 2 aliphatic rings. The van der Waals surface area contributed by atoms with Gasteiger partial charge in [-0.05, 0) is 19.2 Å². The molecule has 0 saturated carbocycles. The quantitative estimate of drug-likeness (QED) is 0.674. The number of thioether (sulfide) groups is 1. The van der Waals surface area contributed by atoms with E-state index in [2.05, 4.69) is 33.0 Å². The topological polar surface area (TPSA) is 102 Å². The Balaban J connectivity index is 0.000000294. The predicted octanol–water partition coefficient (Wildman–Crippen LogP) is 2.58. The van der Waals surface area contributed by atoms with Crippen molar-refractivity contribution in [2.45, 2.75) is 18.2 Å². The molecule has 2 saturated heterocycles. The van der Waals surface area contributed by atoms with Gasteiger partial charge in [-0.3, -0.25) is 4.98 Å². The minimum atomic E-state index is 0.257. The number of pyridine rings is 1. The molecule has 0 amide bonds. The third kappa shape index (κ3) is 4.47. The normalized spacial score (nSPS) is 19.5. The minimum Gasteiger partial charge on any atom is -0.384 e.